The Bertz CT molecular complexity index is 689. The first-order valence-electron chi connectivity index (χ1n) is 6.67. The van der Waals surface area contributed by atoms with Crippen LogP contribution < -0.4 is 4.90 Å². The zero-order valence-electron chi connectivity index (χ0n) is 11.5. The molecule has 1 aliphatic heterocycles. The summed E-state index contributed by atoms with van der Waals surface area (Å²) in [6.45, 7) is 4.13. The molecule has 2 aromatic carbocycles. The Morgan fingerprint density at radius 2 is 1.50 bits per heavy atom. The molecule has 3 rings (SSSR count). The lowest BCUT2D eigenvalue weighted by molar-refractivity contribution is 0.0926. The van der Waals surface area contributed by atoms with E-state index >= 15 is 0 Å². The molecule has 0 bridgehead atoms. The average Bonchev–Trinajstić information content (AvgIpc) is 2.71. The highest BCUT2D eigenvalue weighted by Gasteiger charge is 2.36. The van der Waals surface area contributed by atoms with Gasteiger partial charge in [-0.25, -0.2) is 4.90 Å². The number of amides is 2. The second kappa shape index (κ2) is 4.60. The maximum atomic E-state index is 12.5. The van der Waals surface area contributed by atoms with E-state index in [0.717, 1.165) is 5.56 Å². The molecule has 20 heavy (non-hydrogen) atoms. The zero-order valence-corrected chi connectivity index (χ0v) is 11.5. The highest BCUT2D eigenvalue weighted by Crippen LogP contribution is 2.30. The quantitative estimate of drug-likeness (QED) is 0.778. The topological polar surface area (TPSA) is 37.4 Å². The van der Waals surface area contributed by atoms with Crippen molar-refractivity contribution in [2.45, 2.75) is 19.8 Å². The van der Waals surface area contributed by atoms with Crippen molar-refractivity contribution in [3.05, 3.63) is 65.2 Å². The van der Waals surface area contributed by atoms with Gasteiger partial charge in [0.2, 0.25) is 0 Å². The summed E-state index contributed by atoms with van der Waals surface area (Å²) in [6.07, 6.45) is 0. The Balaban J connectivity index is 2.08. The predicted octanol–water partition coefficient (Wildman–Crippen LogP) is 3.61. The minimum atomic E-state index is -0.244. The first kappa shape index (κ1) is 12.6. The van der Waals surface area contributed by atoms with Crippen molar-refractivity contribution in [1.29, 1.82) is 0 Å². The van der Waals surface area contributed by atoms with Crippen molar-refractivity contribution < 1.29 is 9.59 Å². The van der Waals surface area contributed by atoms with Gasteiger partial charge in [0, 0.05) is 0 Å². The smallest absolute Gasteiger partial charge is 0.266 e. The van der Waals surface area contributed by atoms with Crippen LogP contribution in [0.5, 0.6) is 0 Å². The monoisotopic (exact) mass is 265 g/mol. The summed E-state index contributed by atoms with van der Waals surface area (Å²) in [4.78, 5) is 26.1. The van der Waals surface area contributed by atoms with E-state index in [1.165, 1.54) is 4.90 Å². The number of anilines is 1. The van der Waals surface area contributed by atoms with Crippen molar-refractivity contribution >= 4 is 17.5 Å². The summed E-state index contributed by atoms with van der Waals surface area (Å²) < 4.78 is 0. The number of para-hydroxylation sites is 1. The van der Waals surface area contributed by atoms with Crippen LogP contribution in [-0.4, -0.2) is 11.8 Å². The van der Waals surface area contributed by atoms with Crippen LogP contribution in [0.3, 0.4) is 0 Å². The molecule has 0 fully saturated rings. The molecule has 2 amide bonds. The van der Waals surface area contributed by atoms with E-state index in [1.807, 2.05) is 30.3 Å². The summed E-state index contributed by atoms with van der Waals surface area (Å²) in [7, 11) is 0. The molecule has 1 heterocycles. The van der Waals surface area contributed by atoms with Crippen molar-refractivity contribution in [1.82, 2.24) is 0 Å². The van der Waals surface area contributed by atoms with Gasteiger partial charge < -0.3 is 0 Å². The highest BCUT2D eigenvalue weighted by atomic mass is 16.2. The van der Waals surface area contributed by atoms with Crippen LogP contribution in [0.1, 0.15) is 46.0 Å². The summed E-state index contributed by atoms with van der Waals surface area (Å²) in [6, 6.07) is 14.5. The minimum Gasteiger partial charge on any atom is -0.268 e. The average molecular weight is 265 g/mol. The minimum absolute atomic E-state index is 0.237. The van der Waals surface area contributed by atoms with Crippen LogP contribution in [0.15, 0.2) is 48.5 Å². The highest BCUT2D eigenvalue weighted by molar-refractivity contribution is 6.34. The largest absolute Gasteiger partial charge is 0.268 e. The molecule has 0 spiro atoms. The first-order valence-corrected chi connectivity index (χ1v) is 6.67. The van der Waals surface area contributed by atoms with Gasteiger partial charge in [0.25, 0.3) is 11.8 Å². The Labute approximate surface area is 117 Å². The molecule has 3 nitrogen and oxygen atoms in total. The van der Waals surface area contributed by atoms with Gasteiger partial charge in [0.1, 0.15) is 0 Å². The SMILES string of the molecule is CC(C)c1ccc2c(c1)C(=O)N(c1ccccc1)C2=O. The van der Waals surface area contributed by atoms with E-state index < -0.39 is 0 Å². The van der Waals surface area contributed by atoms with E-state index in [1.54, 1.807) is 18.2 Å². The molecule has 0 unspecified atom stereocenters. The third kappa shape index (κ3) is 1.83. The summed E-state index contributed by atoms with van der Waals surface area (Å²) in [5, 5.41) is 0. The van der Waals surface area contributed by atoms with Gasteiger partial charge in [-0.2, -0.15) is 0 Å². The normalized spacial score (nSPS) is 14.1. The van der Waals surface area contributed by atoms with E-state index in [2.05, 4.69) is 13.8 Å². The molecule has 0 N–H and O–H groups in total. The van der Waals surface area contributed by atoms with Gasteiger partial charge in [-0.1, -0.05) is 38.1 Å². The van der Waals surface area contributed by atoms with Crippen molar-refractivity contribution in [2.75, 3.05) is 4.90 Å². The number of hydrogen-bond donors (Lipinski definition) is 0. The molecule has 0 radical (unpaired) electrons. The van der Waals surface area contributed by atoms with E-state index in [-0.39, 0.29) is 11.8 Å². The van der Waals surface area contributed by atoms with Crippen LogP contribution in [0.25, 0.3) is 0 Å². The lowest BCUT2D eigenvalue weighted by Gasteiger charge is -2.13. The molecule has 0 atom stereocenters. The molecule has 2 aromatic rings. The third-order valence-electron chi connectivity index (χ3n) is 3.59. The summed E-state index contributed by atoms with van der Waals surface area (Å²) >= 11 is 0. The number of benzene rings is 2. The van der Waals surface area contributed by atoms with Crippen LogP contribution in [0, 0.1) is 0 Å². The summed E-state index contributed by atoms with van der Waals surface area (Å²) in [5.74, 6) is -0.154. The van der Waals surface area contributed by atoms with Crippen LogP contribution in [0.4, 0.5) is 5.69 Å². The van der Waals surface area contributed by atoms with Crippen LogP contribution in [0.2, 0.25) is 0 Å². The van der Waals surface area contributed by atoms with E-state index in [4.69, 9.17) is 0 Å². The maximum absolute atomic E-state index is 12.5. The number of nitrogens with zero attached hydrogens (tertiary/aromatic N) is 1. The number of rotatable bonds is 2. The zero-order chi connectivity index (χ0) is 14.3. The standard InChI is InChI=1S/C17H15NO2/c1-11(2)12-8-9-14-15(10-12)17(20)18(16(14)19)13-6-4-3-5-7-13/h3-11H,1-2H3. The Morgan fingerprint density at radius 3 is 2.15 bits per heavy atom. The van der Waals surface area contributed by atoms with Crippen LogP contribution >= 0.6 is 0 Å². The molecule has 0 aromatic heterocycles. The molecule has 100 valence electrons. The molecule has 3 heteroatoms. The van der Waals surface area contributed by atoms with E-state index in [0.29, 0.717) is 22.7 Å². The van der Waals surface area contributed by atoms with Crippen molar-refractivity contribution in [3.63, 3.8) is 0 Å². The van der Waals surface area contributed by atoms with Crippen LogP contribution in [-0.2, 0) is 0 Å². The van der Waals surface area contributed by atoms with Crippen molar-refractivity contribution in [3.8, 4) is 0 Å². The van der Waals surface area contributed by atoms with Gasteiger partial charge >= 0.3 is 0 Å². The molecular weight excluding hydrogens is 250 g/mol. The molecular formula is C17H15NO2. The number of carbonyl (C=O) groups is 2. The number of carbonyl (C=O) groups excluding carboxylic acids is 2. The second-order valence-corrected chi connectivity index (χ2v) is 5.24. The maximum Gasteiger partial charge on any atom is 0.266 e. The Kier molecular flexibility index (Phi) is 2.90. The summed E-state index contributed by atoms with van der Waals surface area (Å²) in [5.41, 5.74) is 2.68. The fourth-order valence-electron chi connectivity index (χ4n) is 2.43. The Hall–Kier alpha value is -2.42. The molecule has 1 aliphatic rings. The lowest BCUT2D eigenvalue weighted by atomic mass is 9.98. The van der Waals surface area contributed by atoms with Gasteiger partial charge in [-0.3, -0.25) is 9.59 Å². The lowest BCUT2D eigenvalue weighted by Crippen LogP contribution is -2.29. The fraction of sp³-hybridized carbons (Fsp3) is 0.176. The van der Waals surface area contributed by atoms with Gasteiger partial charge in [-0.15, -0.1) is 0 Å². The Morgan fingerprint density at radius 1 is 0.850 bits per heavy atom. The van der Waals surface area contributed by atoms with Gasteiger partial charge in [0.15, 0.2) is 0 Å². The first-order chi connectivity index (χ1) is 9.59. The molecule has 0 saturated heterocycles. The number of fused-ring (bicyclic) bond motifs is 1. The predicted molar refractivity (Wildman–Crippen MR) is 78.1 cm³/mol. The molecule has 0 aliphatic carbocycles. The van der Waals surface area contributed by atoms with Gasteiger partial charge in [0.05, 0.1) is 16.8 Å². The van der Waals surface area contributed by atoms with Gasteiger partial charge in [-0.05, 0) is 35.7 Å². The fourth-order valence-corrected chi connectivity index (χ4v) is 2.43. The number of hydrogen-bond acceptors (Lipinski definition) is 2. The van der Waals surface area contributed by atoms with E-state index in [9.17, 15) is 9.59 Å². The third-order valence-corrected chi connectivity index (χ3v) is 3.59. The second-order valence-electron chi connectivity index (χ2n) is 5.24. The molecule has 0 saturated carbocycles. The van der Waals surface area contributed by atoms with Crippen molar-refractivity contribution in [2.24, 2.45) is 0 Å². The number of imide groups is 1.